The monoisotopic (exact) mass is 500 g/mol. The van der Waals surface area contributed by atoms with E-state index in [1.54, 1.807) is 0 Å². The third kappa shape index (κ3) is 4.76. The van der Waals surface area contributed by atoms with Crippen LogP contribution in [0.15, 0.2) is 0 Å². The second-order valence-corrected chi connectivity index (χ2v) is 7.77. The van der Waals surface area contributed by atoms with Crippen LogP contribution in [0.25, 0.3) is 0 Å². The van der Waals surface area contributed by atoms with Gasteiger partial charge in [0.05, 0.1) is 5.92 Å². The molecule has 1 fully saturated rings. The van der Waals surface area contributed by atoms with Crippen molar-refractivity contribution in [2.45, 2.75) is 81.9 Å². The van der Waals surface area contributed by atoms with Crippen LogP contribution in [-0.4, -0.2) is 47.0 Å². The molecule has 0 amide bonds. The third-order valence-electron chi connectivity index (χ3n) is 5.88. The number of esters is 1. The van der Waals surface area contributed by atoms with E-state index < -0.39 is 85.3 Å². The molecule has 0 aliphatic heterocycles. The molecule has 0 spiro atoms. The van der Waals surface area contributed by atoms with Crippen molar-refractivity contribution < 1.29 is 67.3 Å². The summed E-state index contributed by atoms with van der Waals surface area (Å²) in [6, 6.07) is 0. The van der Waals surface area contributed by atoms with Gasteiger partial charge in [-0.25, -0.2) is 0 Å². The molecule has 1 atom stereocenters. The smallest absolute Gasteiger partial charge is 0.437 e. The summed E-state index contributed by atoms with van der Waals surface area (Å²) in [7, 11) is 0. The molecule has 0 bridgehead atoms. The van der Waals surface area contributed by atoms with Crippen molar-refractivity contribution in [2.24, 2.45) is 17.8 Å². The van der Waals surface area contributed by atoms with E-state index in [1.165, 1.54) is 6.92 Å². The largest absolute Gasteiger partial charge is 0.439 e. The molecule has 1 saturated carbocycles. The molecule has 0 heterocycles. The Hall–Kier alpha value is -1.41. The minimum Gasteiger partial charge on any atom is -0.439 e. The number of hydrogen-bond donors (Lipinski definition) is 1. The van der Waals surface area contributed by atoms with Gasteiger partial charge in [0.2, 0.25) is 0 Å². The number of alkyl halides is 12. The molecule has 15 heteroatoms. The van der Waals surface area contributed by atoms with Crippen molar-refractivity contribution in [3.05, 3.63) is 0 Å². The van der Waals surface area contributed by atoms with E-state index in [-0.39, 0.29) is 6.42 Å². The lowest BCUT2D eigenvalue weighted by atomic mass is 9.67. The highest BCUT2D eigenvalue weighted by atomic mass is 19.4. The van der Waals surface area contributed by atoms with Gasteiger partial charge in [0.25, 0.3) is 5.60 Å². The maximum absolute atomic E-state index is 13.7. The number of carbonyl (C=O) groups is 1. The van der Waals surface area contributed by atoms with E-state index in [0.717, 1.165) is 6.92 Å². The molecule has 1 rings (SSSR count). The summed E-state index contributed by atoms with van der Waals surface area (Å²) < 4.78 is 164. The molecule has 3 nitrogen and oxygen atoms in total. The molecule has 0 saturated heterocycles. The van der Waals surface area contributed by atoms with Crippen molar-refractivity contribution in [3.8, 4) is 0 Å². The van der Waals surface area contributed by atoms with Gasteiger partial charge in [0.1, 0.15) is 0 Å². The summed E-state index contributed by atoms with van der Waals surface area (Å²) in [6.45, 7) is 2.26. The SMILES string of the molecule is CCC(C)C(=O)OC(C1CCC(C(O)(C(F)(F)F)C(F)(F)F)CC1)(C(F)(F)F)C(F)(F)F. The quantitative estimate of drug-likeness (QED) is 0.367. The molecule has 1 unspecified atom stereocenters. The number of aliphatic hydroxyl groups is 1. The Kier molecular flexibility index (Phi) is 7.82. The van der Waals surface area contributed by atoms with E-state index in [4.69, 9.17) is 0 Å². The molecule has 32 heavy (non-hydrogen) atoms. The molecular weight excluding hydrogens is 480 g/mol. The van der Waals surface area contributed by atoms with Gasteiger partial charge in [-0.15, -0.1) is 0 Å². The normalized spacial score (nSPS) is 23.1. The van der Waals surface area contributed by atoms with Crippen LogP contribution in [-0.2, 0) is 9.53 Å². The van der Waals surface area contributed by atoms with Gasteiger partial charge in [-0.1, -0.05) is 13.8 Å². The van der Waals surface area contributed by atoms with E-state index in [2.05, 4.69) is 4.74 Å². The Balaban J connectivity index is 3.41. The summed E-state index contributed by atoms with van der Waals surface area (Å²) in [5, 5.41) is 9.39. The number of rotatable bonds is 5. The van der Waals surface area contributed by atoms with Crippen LogP contribution in [0.2, 0.25) is 0 Å². The predicted molar refractivity (Wildman–Crippen MR) is 82.9 cm³/mol. The van der Waals surface area contributed by atoms with Crippen LogP contribution in [0.4, 0.5) is 52.7 Å². The van der Waals surface area contributed by atoms with Gasteiger partial charge < -0.3 is 9.84 Å². The van der Waals surface area contributed by atoms with Crippen LogP contribution < -0.4 is 0 Å². The fraction of sp³-hybridized carbons (Fsp3) is 0.941. The highest BCUT2D eigenvalue weighted by molar-refractivity contribution is 5.72. The van der Waals surface area contributed by atoms with Crippen LogP contribution in [0.5, 0.6) is 0 Å². The number of hydrogen-bond acceptors (Lipinski definition) is 3. The fourth-order valence-corrected chi connectivity index (χ4v) is 3.79. The van der Waals surface area contributed by atoms with Gasteiger partial charge in [-0.2, -0.15) is 52.7 Å². The molecule has 1 aliphatic carbocycles. The Morgan fingerprint density at radius 2 is 1.12 bits per heavy atom. The highest BCUT2D eigenvalue weighted by Gasteiger charge is 2.79. The van der Waals surface area contributed by atoms with Crippen molar-refractivity contribution in [3.63, 3.8) is 0 Å². The van der Waals surface area contributed by atoms with Gasteiger partial charge in [-0.05, 0) is 32.1 Å². The zero-order valence-electron chi connectivity index (χ0n) is 16.6. The predicted octanol–water partition coefficient (Wildman–Crippen LogP) is 6.10. The van der Waals surface area contributed by atoms with Crippen LogP contribution >= 0.6 is 0 Å². The molecule has 1 aliphatic rings. The van der Waals surface area contributed by atoms with Gasteiger partial charge in [-0.3, -0.25) is 4.79 Å². The molecule has 190 valence electrons. The maximum Gasteiger partial charge on any atom is 0.437 e. The first-order valence-corrected chi connectivity index (χ1v) is 9.30. The Morgan fingerprint density at radius 3 is 1.41 bits per heavy atom. The second kappa shape index (κ2) is 8.75. The number of carbonyl (C=O) groups excluding carboxylic acids is 1. The van der Waals surface area contributed by atoms with E-state index in [1.807, 2.05) is 0 Å². The number of halogens is 12. The topological polar surface area (TPSA) is 46.5 Å². The summed E-state index contributed by atoms with van der Waals surface area (Å²) in [6.07, 6.45) is -31.2. The van der Waals surface area contributed by atoms with Crippen molar-refractivity contribution in [1.29, 1.82) is 0 Å². The third-order valence-corrected chi connectivity index (χ3v) is 5.88. The number of ether oxygens (including phenoxy) is 1. The first kappa shape index (κ1) is 28.6. The molecule has 0 aromatic carbocycles. The Bertz CT molecular complexity index is 626. The van der Waals surface area contributed by atoms with E-state index in [0.29, 0.717) is 0 Å². The average molecular weight is 500 g/mol. The lowest BCUT2D eigenvalue weighted by molar-refractivity contribution is -0.399. The highest BCUT2D eigenvalue weighted by Crippen LogP contribution is 2.58. The lowest BCUT2D eigenvalue weighted by Crippen LogP contribution is -2.66. The first-order chi connectivity index (χ1) is 14.1. The Labute approximate surface area is 174 Å². The Morgan fingerprint density at radius 1 is 0.781 bits per heavy atom. The minimum absolute atomic E-state index is 0.193. The molecule has 1 N–H and O–H groups in total. The summed E-state index contributed by atoms with van der Waals surface area (Å²) in [5.41, 5.74) is -10.4. The van der Waals surface area contributed by atoms with Gasteiger partial charge in [0, 0.05) is 11.8 Å². The van der Waals surface area contributed by atoms with Gasteiger partial charge >= 0.3 is 36.3 Å². The average Bonchev–Trinajstić information content (AvgIpc) is 2.60. The van der Waals surface area contributed by atoms with Crippen LogP contribution in [0, 0.1) is 17.8 Å². The zero-order chi connectivity index (χ0) is 25.6. The minimum atomic E-state index is -6.28. The molecule has 0 radical (unpaired) electrons. The molecule has 0 aromatic rings. The summed E-state index contributed by atoms with van der Waals surface area (Å²) in [4.78, 5) is 11.9. The van der Waals surface area contributed by atoms with Crippen molar-refractivity contribution >= 4 is 5.97 Å². The summed E-state index contributed by atoms with van der Waals surface area (Å²) in [5.74, 6) is -8.72. The lowest BCUT2D eigenvalue weighted by Gasteiger charge is -2.47. The fourth-order valence-electron chi connectivity index (χ4n) is 3.79. The van der Waals surface area contributed by atoms with E-state index >= 15 is 0 Å². The van der Waals surface area contributed by atoms with Crippen LogP contribution in [0.1, 0.15) is 46.0 Å². The maximum atomic E-state index is 13.7. The standard InChI is InChI=1S/C17H20F12O3/c1-3-8(2)11(30)32-13(16(24,25)26,17(27,28)29)10-6-4-9(5-7-10)12(31,14(18,19)20)15(21,22)23/h8-10,31H,3-7H2,1-2H3. The first-order valence-electron chi connectivity index (χ1n) is 9.30. The van der Waals surface area contributed by atoms with Crippen molar-refractivity contribution in [2.75, 3.05) is 0 Å². The molecule has 0 aromatic heterocycles. The van der Waals surface area contributed by atoms with Crippen LogP contribution in [0.3, 0.4) is 0 Å². The molecular formula is C17H20F12O3. The van der Waals surface area contributed by atoms with E-state index in [9.17, 15) is 62.6 Å². The summed E-state index contributed by atoms with van der Waals surface area (Å²) >= 11 is 0. The van der Waals surface area contributed by atoms with Gasteiger partial charge in [0.15, 0.2) is 0 Å². The second-order valence-electron chi connectivity index (χ2n) is 7.77. The zero-order valence-corrected chi connectivity index (χ0v) is 16.6. The van der Waals surface area contributed by atoms with Crippen molar-refractivity contribution in [1.82, 2.24) is 0 Å².